The molecule has 2 N–H and O–H groups in total. The summed E-state index contributed by atoms with van der Waals surface area (Å²) < 4.78 is 0. The van der Waals surface area contributed by atoms with Crippen molar-refractivity contribution in [2.75, 3.05) is 13.1 Å². The molecule has 0 saturated carbocycles. The van der Waals surface area contributed by atoms with E-state index in [9.17, 15) is 0 Å². The highest BCUT2D eigenvalue weighted by Crippen LogP contribution is 2.15. The Kier molecular flexibility index (Phi) is 5.51. The van der Waals surface area contributed by atoms with E-state index >= 15 is 0 Å². The summed E-state index contributed by atoms with van der Waals surface area (Å²) >= 11 is 0. The van der Waals surface area contributed by atoms with Crippen molar-refractivity contribution in [1.29, 1.82) is 0 Å². The van der Waals surface area contributed by atoms with Crippen LogP contribution in [0.1, 0.15) is 39.5 Å². The largest absolute Gasteiger partial charge is 0.412 e. The maximum Gasteiger partial charge on any atom is 0.00669 e. The van der Waals surface area contributed by atoms with Gasteiger partial charge in [-0.3, -0.25) is 0 Å². The molecular formula is C9H21NO. The van der Waals surface area contributed by atoms with Crippen LogP contribution in [0.2, 0.25) is 0 Å². The average Bonchev–Trinajstić information content (AvgIpc) is 1.94. The molecule has 0 aliphatic carbocycles. The van der Waals surface area contributed by atoms with E-state index in [0.717, 1.165) is 6.04 Å². The lowest BCUT2D eigenvalue weighted by Gasteiger charge is -2.32. The molecule has 0 aromatic carbocycles. The smallest absolute Gasteiger partial charge is 0.00669 e. The van der Waals surface area contributed by atoms with Gasteiger partial charge in [0, 0.05) is 6.04 Å². The van der Waals surface area contributed by atoms with Crippen LogP contribution >= 0.6 is 0 Å². The molecule has 68 valence electrons. The Labute approximate surface area is 69.9 Å². The fourth-order valence-electron chi connectivity index (χ4n) is 1.78. The van der Waals surface area contributed by atoms with E-state index in [1.54, 1.807) is 0 Å². The molecule has 1 atom stereocenters. The van der Waals surface area contributed by atoms with Gasteiger partial charge >= 0.3 is 0 Å². The Hall–Kier alpha value is -0.0800. The highest BCUT2D eigenvalue weighted by molar-refractivity contribution is 4.71. The molecule has 2 heteroatoms. The van der Waals surface area contributed by atoms with Crippen LogP contribution in [-0.4, -0.2) is 29.5 Å². The van der Waals surface area contributed by atoms with Crippen LogP contribution in [0.5, 0.6) is 0 Å². The molecule has 1 aliphatic rings. The maximum absolute atomic E-state index is 2.61. The third-order valence-corrected chi connectivity index (χ3v) is 2.45. The molecule has 0 bridgehead atoms. The van der Waals surface area contributed by atoms with Crippen molar-refractivity contribution in [3.05, 3.63) is 0 Å². The molecule has 0 radical (unpaired) electrons. The van der Waals surface area contributed by atoms with E-state index < -0.39 is 0 Å². The molecule has 1 unspecified atom stereocenters. The first kappa shape index (κ1) is 10.9. The minimum atomic E-state index is 0. The van der Waals surface area contributed by atoms with E-state index in [1.165, 1.54) is 38.8 Å². The van der Waals surface area contributed by atoms with Gasteiger partial charge in [-0.25, -0.2) is 0 Å². The molecule has 2 nitrogen and oxygen atoms in total. The topological polar surface area (TPSA) is 34.7 Å². The summed E-state index contributed by atoms with van der Waals surface area (Å²) in [5.74, 6) is 0. The second kappa shape index (κ2) is 5.56. The van der Waals surface area contributed by atoms with Crippen molar-refractivity contribution in [3.8, 4) is 0 Å². The first-order valence-electron chi connectivity index (χ1n) is 4.58. The highest BCUT2D eigenvalue weighted by Gasteiger charge is 2.15. The van der Waals surface area contributed by atoms with Crippen molar-refractivity contribution in [1.82, 2.24) is 4.90 Å². The molecule has 1 fully saturated rings. The average molecular weight is 159 g/mol. The number of hydrogen-bond acceptors (Lipinski definition) is 1. The van der Waals surface area contributed by atoms with Gasteiger partial charge in [-0.1, -0.05) is 13.3 Å². The highest BCUT2D eigenvalue weighted by atomic mass is 16.0. The Morgan fingerprint density at radius 1 is 1.36 bits per heavy atom. The summed E-state index contributed by atoms with van der Waals surface area (Å²) in [5.41, 5.74) is 0. The van der Waals surface area contributed by atoms with E-state index in [2.05, 4.69) is 18.7 Å². The van der Waals surface area contributed by atoms with Crippen LogP contribution in [0.15, 0.2) is 0 Å². The zero-order valence-electron chi connectivity index (χ0n) is 7.77. The quantitative estimate of drug-likeness (QED) is 0.600. The molecular weight excluding hydrogens is 138 g/mol. The fourth-order valence-corrected chi connectivity index (χ4v) is 1.78. The minimum absolute atomic E-state index is 0. The summed E-state index contributed by atoms with van der Waals surface area (Å²) in [6, 6.07) is 0.855. The van der Waals surface area contributed by atoms with Crippen molar-refractivity contribution in [3.63, 3.8) is 0 Å². The molecule has 1 rings (SSSR count). The predicted octanol–water partition coefficient (Wildman–Crippen LogP) is 1.45. The van der Waals surface area contributed by atoms with Gasteiger partial charge in [0.15, 0.2) is 0 Å². The van der Waals surface area contributed by atoms with Crippen molar-refractivity contribution < 1.29 is 5.48 Å². The number of piperidine rings is 1. The molecule has 1 heterocycles. The van der Waals surface area contributed by atoms with E-state index in [-0.39, 0.29) is 5.48 Å². The number of rotatable bonds is 2. The van der Waals surface area contributed by atoms with Gasteiger partial charge < -0.3 is 10.4 Å². The molecule has 1 aliphatic heterocycles. The van der Waals surface area contributed by atoms with Gasteiger partial charge in [0.2, 0.25) is 0 Å². The third kappa shape index (κ3) is 3.21. The normalized spacial score (nSPS) is 26.2. The summed E-state index contributed by atoms with van der Waals surface area (Å²) in [4.78, 5) is 2.61. The van der Waals surface area contributed by atoms with E-state index in [4.69, 9.17) is 0 Å². The monoisotopic (exact) mass is 159 g/mol. The predicted molar refractivity (Wildman–Crippen MR) is 48.8 cm³/mol. The Balaban J connectivity index is 0.000001000. The van der Waals surface area contributed by atoms with Crippen molar-refractivity contribution in [2.45, 2.75) is 45.6 Å². The van der Waals surface area contributed by atoms with Gasteiger partial charge in [-0.05, 0) is 39.3 Å². The van der Waals surface area contributed by atoms with Crippen LogP contribution in [-0.2, 0) is 0 Å². The Bertz CT molecular complexity index is 93.6. The molecule has 0 amide bonds. The summed E-state index contributed by atoms with van der Waals surface area (Å²) in [7, 11) is 0. The lowest BCUT2D eigenvalue weighted by atomic mass is 10.0. The zero-order valence-corrected chi connectivity index (χ0v) is 7.77. The zero-order chi connectivity index (χ0) is 7.40. The molecule has 0 aromatic heterocycles. The minimum Gasteiger partial charge on any atom is -0.412 e. The number of likely N-dealkylation sites (tertiary alicyclic amines) is 1. The van der Waals surface area contributed by atoms with Crippen LogP contribution in [0.3, 0.4) is 0 Å². The van der Waals surface area contributed by atoms with Crippen molar-refractivity contribution >= 4 is 0 Å². The van der Waals surface area contributed by atoms with E-state index in [0.29, 0.717) is 0 Å². The first-order valence-corrected chi connectivity index (χ1v) is 4.58. The van der Waals surface area contributed by atoms with Crippen LogP contribution < -0.4 is 0 Å². The first-order chi connectivity index (χ1) is 4.84. The van der Waals surface area contributed by atoms with Gasteiger partial charge in [-0.2, -0.15) is 0 Å². The summed E-state index contributed by atoms with van der Waals surface area (Å²) in [6.07, 6.45) is 5.59. The van der Waals surface area contributed by atoms with Gasteiger partial charge in [-0.15, -0.1) is 0 Å². The standard InChI is InChI=1S/C9H19N.H2O/c1-3-7-10-8-5-4-6-9(10)2;/h9H,3-8H2,1-2H3;1H2. The van der Waals surface area contributed by atoms with Crippen LogP contribution in [0.25, 0.3) is 0 Å². The van der Waals surface area contributed by atoms with Gasteiger partial charge in [0.1, 0.15) is 0 Å². The van der Waals surface area contributed by atoms with E-state index in [1.807, 2.05) is 0 Å². The maximum atomic E-state index is 2.61. The fraction of sp³-hybridized carbons (Fsp3) is 1.00. The molecule has 0 spiro atoms. The lowest BCUT2D eigenvalue weighted by Crippen LogP contribution is -2.37. The molecule has 11 heavy (non-hydrogen) atoms. The second-order valence-electron chi connectivity index (χ2n) is 3.38. The number of hydrogen-bond donors (Lipinski definition) is 0. The number of nitrogens with zero attached hydrogens (tertiary/aromatic N) is 1. The summed E-state index contributed by atoms with van der Waals surface area (Å²) in [5, 5.41) is 0. The van der Waals surface area contributed by atoms with Crippen LogP contribution in [0, 0.1) is 0 Å². The van der Waals surface area contributed by atoms with Crippen LogP contribution in [0.4, 0.5) is 0 Å². The SMILES string of the molecule is CCCN1CCCCC1C.O. The lowest BCUT2D eigenvalue weighted by molar-refractivity contribution is 0.161. The molecule has 0 aromatic rings. The Morgan fingerprint density at radius 3 is 2.64 bits per heavy atom. The van der Waals surface area contributed by atoms with Crippen molar-refractivity contribution in [2.24, 2.45) is 0 Å². The van der Waals surface area contributed by atoms with Gasteiger partial charge in [0.05, 0.1) is 0 Å². The second-order valence-corrected chi connectivity index (χ2v) is 3.38. The Morgan fingerprint density at radius 2 is 2.09 bits per heavy atom. The summed E-state index contributed by atoms with van der Waals surface area (Å²) in [6.45, 7) is 7.27. The van der Waals surface area contributed by atoms with Gasteiger partial charge in [0.25, 0.3) is 0 Å². The third-order valence-electron chi connectivity index (χ3n) is 2.45. The molecule has 1 saturated heterocycles.